The van der Waals surface area contributed by atoms with Crippen LogP contribution in [0.15, 0.2) is 17.5 Å². The number of hydrogen-bond donors (Lipinski definition) is 2. The highest BCUT2D eigenvalue weighted by atomic mass is 32.2. The summed E-state index contributed by atoms with van der Waals surface area (Å²) >= 11 is 3.40. The van der Waals surface area contributed by atoms with Crippen molar-refractivity contribution >= 4 is 29.0 Å². The van der Waals surface area contributed by atoms with Gasteiger partial charge in [0.05, 0.1) is 5.75 Å². The van der Waals surface area contributed by atoms with Crippen molar-refractivity contribution in [3.8, 4) is 0 Å². The van der Waals surface area contributed by atoms with E-state index in [-0.39, 0.29) is 5.91 Å². The second-order valence-corrected chi connectivity index (χ2v) is 6.34. The van der Waals surface area contributed by atoms with Crippen LogP contribution >= 0.6 is 23.1 Å². The molecule has 1 aromatic rings. The molecule has 1 aromatic heterocycles. The van der Waals surface area contributed by atoms with Gasteiger partial charge in [0.25, 0.3) is 0 Å². The summed E-state index contributed by atoms with van der Waals surface area (Å²) in [7, 11) is 0. The summed E-state index contributed by atoms with van der Waals surface area (Å²) in [6, 6.07) is 4.13. The maximum absolute atomic E-state index is 11.5. The Morgan fingerprint density at radius 1 is 1.65 bits per heavy atom. The highest BCUT2D eigenvalue weighted by Crippen LogP contribution is 2.12. The van der Waals surface area contributed by atoms with Crippen molar-refractivity contribution in [2.45, 2.75) is 25.0 Å². The summed E-state index contributed by atoms with van der Waals surface area (Å²) in [6.07, 6.45) is 1.89. The predicted molar refractivity (Wildman–Crippen MR) is 76.6 cm³/mol. The molecule has 0 aliphatic carbocycles. The second-order valence-electron chi connectivity index (χ2n) is 3.88. The van der Waals surface area contributed by atoms with Gasteiger partial charge in [-0.25, -0.2) is 0 Å². The molecule has 0 fully saturated rings. The molecule has 17 heavy (non-hydrogen) atoms. The van der Waals surface area contributed by atoms with E-state index in [1.54, 1.807) is 23.1 Å². The number of hydrogen-bond acceptors (Lipinski definition) is 4. The molecule has 96 valence electrons. The van der Waals surface area contributed by atoms with Gasteiger partial charge >= 0.3 is 0 Å². The first-order valence-electron chi connectivity index (χ1n) is 5.83. The van der Waals surface area contributed by atoms with Gasteiger partial charge in [-0.3, -0.25) is 4.79 Å². The number of carbonyl (C=O) groups is 1. The van der Waals surface area contributed by atoms with Crippen LogP contribution in [-0.4, -0.2) is 30.0 Å². The van der Waals surface area contributed by atoms with Crippen LogP contribution in [0.2, 0.25) is 0 Å². The smallest absolute Gasteiger partial charge is 0.230 e. The molecule has 3 N–H and O–H groups in total. The average molecular weight is 272 g/mol. The Kier molecular flexibility index (Phi) is 7.32. The first-order valence-corrected chi connectivity index (χ1v) is 7.76. The van der Waals surface area contributed by atoms with E-state index in [1.165, 1.54) is 4.88 Å². The SMILES string of the molecule is CC(CCN)SCC(=O)NCCc1cccs1. The van der Waals surface area contributed by atoms with Gasteiger partial charge < -0.3 is 11.1 Å². The van der Waals surface area contributed by atoms with E-state index in [0.717, 1.165) is 19.4 Å². The van der Waals surface area contributed by atoms with Crippen LogP contribution in [0, 0.1) is 0 Å². The third-order valence-electron chi connectivity index (χ3n) is 2.35. The van der Waals surface area contributed by atoms with Gasteiger partial charge in [-0.2, -0.15) is 0 Å². The van der Waals surface area contributed by atoms with E-state index in [4.69, 9.17) is 5.73 Å². The summed E-state index contributed by atoms with van der Waals surface area (Å²) in [6.45, 7) is 3.52. The quantitative estimate of drug-likeness (QED) is 0.759. The van der Waals surface area contributed by atoms with E-state index >= 15 is 0 Å². The Bertz CT molecular complexity index is 314. The van der Waals surface area contributed by atoms with Crippen LogP contribution in [0.3, 0.4) is 0 Å². The highest BCUT2D eigenvalue weighted by Gasteiger charge is 2.06. The first kappa shape index (κ1) is 14.5. The number of nitrogens with two attached hydrogens (primary N) is 1. The van der Waals surface area contributed by atoms with Crippen molar-refractivity contribution in [1.82, 2.24) is 5.32 Å². The third-order valence-corrected chi connectivity index (χ3v) is 4.52. The van der Waals surface area contributed by atoms with Crippen LogP contribution < -0.4 is 11.1 Å². The molecule has 0 spiro atoms. The van der Waals surface area contributed by atoms with Gasteiger partial charge in [-0.15, -0.1) is 23.1 Å². The molecule has 1 rings (SSSR count). The van der Waals surface area contributed by atoms with Gasteiger partial charge in [-0.1, -0.05) is 13.0 Å². The van der Waals surface area contributed by atoms with Gasteiger partial charge in [0.2, 0.25) is 5.91 Å². The molecule has 1 heterocycles. The van der Waals surface area contributed by atoms with Crippen molar-refractivity contribution in [3.63, 3.8) is 0 Å². The topological polar surface area (TPSA) is 55.1 Å². The van der Waals surface area contributed by atoms with Gasteiger partial charge in [0.1, 0.15) is 0 Å². The monoisotopic (exact) mass is 272 g/mol. The molecule has 0 radical (unpaired) electrons. The van der Waals surface area contributed by atoms with Crippen molar-refractivity contribution in [2.75, 3.05) is 18.8 Å². The molecule has 0 aromatic carbocycles. The fraction of sp³-hybridized carbons (Fsp3) is 0.583. The van der Waals surface area contributed by atoms with Crippen molar-refractivity contribution < 1.29 is 4.79 Å². The molecular weight excluding hydrogens is 252 g/mol. The molecule has 5 heteroatoms. The van der Waals surface area contributed by atoms with E-state index in [9.17, 15) is 4.79 Å². The zero-order valence-corrected chi connectivity index (χ0v) is 11.8. The van der Waals surface area contributed by atoms with Crippen molar-refractivity contribution in [2.24, 2.45) is 5.73 Å². The fourth-order valence-corrected chi connectivity index (χ4v) is 2.92. The van der Waals surface area contributed by atoms with Crippen LogP contribution in [0.1, 0.15) is 18.2 Å². The summed E-state index contributed by atoms with van der Waals surface area (Å²) in [5.41, 5.74) is 5.46. The maximum Gasteiger partial charge on any atom is 0.230 e. The molecule has 1 atom stereocenters. The van der Waals surface area contributed by atoms with E-state index in [1.807, 2.05) is 6.07 Å². The Morgan fingerprint density at radius 3 is 3.12 bits per heavy atom. The normalized spacial score (nSPS) is 12.4. The molecule has 0 aliphatic rings. The van der Waals surface area contributed by atoms with Crippen LogP contribution in [0.4, 0.5) is 0 Å². The minimum atomic E-state index is 0.121. The minimum Gasteiger partial charge on any atom is -0.355 e. The third kappa shape index (κ3) is 6.71. The molecule has 0 aliphatic heterocycles. The van der Waals surface area contributed by atoms with Crippen molar-refractivity contribution in [3.05, 3.63) is 22.4 Å². The maximum atomic E-state index is 11.5. The van der Waals surface area contributed by atoms with Crippen LogP contribution in [-0.2, 0) is 11.2 Å². The van der Waals surface area contributed by atoms with E-state index in [2.05, 4.69) is 23.7 Å². The lowest BCUT2D eigenvalue weighted by Crippen LogP contribution is -2.27. The Hall–Kier alpha value is -0.520. The lowest BCUT2D eigenvalue weighted by atomic mass is 10.3. The van der Waals surface area contributed by atoms with Gasteiger partial charge in [0, 0.05) is 16.7 Å². The molecule has 1 amide bonds. The van der Waals surface area contributed by atoms with E-state index < -0.39 is 0 Å². The standard InChI is InChI=1S/C12H20N2OS2/c1-10(4-6-13)17-9-12(15)14-7-5-11-3-2-8-16-11/h2-3,8,10H,4-7,9,13H2,1H3,(H,14,15). The van der Waals surface area contributed by atoms with Gasteiger partial charge in [-0.05, 0) is 30.8 Å². The summed E-state index contributed by atoms with van der Waals surface area (Å²) in [5.74, 6) is 0.654. The Balaban J connectivity index is 2.05. The molecule has 3 nitrogen and oxygen atoms in total. The molecule has 0 saturated heterocycles. The largest absolute Gasteiger partial charge is 0.355 e. The van der Waals surface area contributed by atoms with Crippen LogP contribution in [0.5, 0.6) is 0 Å². The summed E-state index contributed by atoms with van der Waals surface area (Å²) < 4.78 is 0. The number of thiophene rings is 1. The predicted octanol–water partition coefficient (Wildman–Crippen LogP) is 1.88. The highest BCUT2D eigenvalue weighted by molar-refractivity contribution is 8.00. The number of amides is 1. The first-order chi connectivity index (χ1) is 8.22. The van der Waals surface area contributed by atoms with Gasteiger partial charge in [0.15, 0.2) is 0 Å². The fourth-order valence-electron chi connectivity index (χ4n) is 1.37. The molecular formula is C12H20N2OS2. The van der Waals surface area contributed by atoms with Crippen LogP contribution in [0.25, 0.3) is 0 Å². The zero-order chi connectivity index (χ0) is 12.5. The Labute approximate surface area is 111 Å². The minimum absolute atomic E-state index is 0.121. The molecule has 1 unspecified atom stereocenters. The lowest BCUT2D eigenvalue weighted by Gasteiger charge is -2.09. The molecule has 0 bridgehead atoms. The zero-order valence-electron chi connectivity index (χ0n) is 10.1. The second kappa shape index (κ2) is 8.55. The van der Waals surface area contributed by atoms with Crippen molar-refractivity contribution in [1.29, 1.82) is 0 Å². The average Bonchev–Trinajstić information content (AvgIpc) is 2.80. The number of thioether (sulfide) groups is 1. The Morgan fingerprint density at radius 2 is 2.47 bits per heavy atom. The lowest BCUT2D eigenvalue weighted by molar-refractivity contribution is -0.118. The summed E-state index contributed by atoms with van der Waals surface area (Å²) in [4.78, 5) is 12.8. The summed E-state index contributed by atoms with van der Waals surface area (Å²) in [5, 5.41) is 5.45. The molecule has 0 saturated carbocycles. The number of nitrogens with one attached hydrogen (secondary N) is 1. The number of rotatable bonds is 8. The number of carbonyl (C=O) groups excluding carboxylic acids is 1. The van der Waals surface area contributed by atoms with E-state index in [0.29, 0.717) is 17.5 Å².